The Morgan fingerprint density at radius 3 is 0.958 bits per heavy atom. The van der Waals surface area contributed by atoms with Gasteiger partial charge in [-0.1, -0.05) is 77.0 Å². The maximum Gasteiger partial charge on any atom is 0.251 e. The third-order valence-corrected chi connectivity index (χ3v) is 11.2. The summed E-state index contributed by atoms with van der Waals surface area (Å²) in [5, 5.41) is 3.38. The number of unbranched alkanes of at least 4 members (excludes halogenated alkanes) is 7. The number of amides is 4. The van der Waals surface area contributed by atoms with E-state index in [-0.39, 0.29) is 35.8 Å². The number of imide groups is 2. The van der Waals surface area contributed by atoms with Crippen LogP contribution in [0.1, 0.15) is 171 Å². The summed E-state index contributed by atoms with van der Waals surface area (Å²) in [6.07, 6.45) is 18.7. The van der Waals surface area contributed by atoms with Crippen LogP contribution in [0.15, 0.2) is 0 Å². The minimum absolute atomic E-state index is 0.0650. The summed E-state index contributed by atoms with van der Waals surface area (Å²) in [5.41, 5.74) is -3.64. The van der Waals surface area contributed by atoms with Gasteiger partial charge in [-0.2, -0.15) is 10.1 Å². The van der Waals surface area contributed by atoms with E-state index in [0.717, 1.165) is 103 Å². The van der Waals surface area contributed by atoms with E-state index >= 15 is 0 Å². The van der Waals surface area contributed by atoms with Gasteiger partial charge in [0.25, 0.3) is 23.6 Å². The molecule has 2 saturated heterocycles. The molecule has 10 nitrogen and oxygen atoms in total. The molecule has 274 valence electrons. The molecule has 10 heteroatoms. The quantitative estimate of drug-likeness (QED) is 0.134. The summed E-state index contributed by atoms with van der Waals surface area (Å²) < 4.78 is 0. The summed E-state index contributed by atoms with van der Waals surface area (Å²) in [6, 6.07) is 0. The number of nitrogens with zero attached hydrogens (tertiary/aromatic N) is 4. The first-order chi connectivity index (χ1) is 22.5. The first-order valence-electron chi connectivity index (χ1n) is 19.2. The molecule has 4 amide bonds. The van der Waals surface area contributed by atoms with E-state index in [4.69, 9.17) is 9.68 Å². The number of carbonyl (C=O) groups excluding carboxylic acids is 4. The van der Waals surface area contributed by atoms with Crippen molar-refractivity contribution in [3.05, 3.63) is 0 Å². The zero-order valence-corrected chi connectivity index (χ0v) is 31.5. The first kappa shape index (κ1) is 38.9. The second-order valence-electron chi connectivity index (χ2n) is 16.9. The topological polar surface area (TPSA) is 99.7 Å². The lowest BCUT2D eigenvalue weighted by atomic mass is 9.88. The van der Waals surface area contributed by atoms with Crippen LogP contribution in [-0.2, 0) is 28.9 Å². The Morgan fingerprint density at radius 1 is 0.438 bits per heavy atom. The van der Waals surface area contributed by atoms with E-state index in [2.05, 4.69) is 0 Å². The van der Waals surface area contributed by atoms with Gasteiger partial charge >= 0.3 is 0 Å². The fourth-order valence-corrected chi connectivity index (χ4v) is 8.42. The predicted molar refractivity (Wildman–Crippen MR) is 186 cm³/mol. The lowest BCUT2D eigenvalue weighted by Gasteiger charge is -2.53. The van der Waals surface area contributed by atoms with Crippen molar-refractivity contribution in [1.82, 2.24) is 19.9 Å². The molecule has 4 rings (SSSR count). The van der Waals surface area contributed by atoms with Crippen molar-refractivity contribution in [2.75, 3.05) is 13.1 Å². The molecule has 0 N–H and O–H groups in total. The van der Waals surface area contributed by atoms with Gasteiger partial charge in [-0.05, 0) is 93.9 Å². The van der Waals surface area contributed by atoms with Crippen molar-refractivity contribution in [2.24, 2.45) is 0 Å². The molecule has 2 aliphatic carbocycles. The van der Waals surface area contributed by atoms with Gasteiger partial charge in [0.05, 0.1) is 12.2 Å². The van der Waals surface area contributed by atoms with Crippen molar-refractivity contribution in [1.29, 1.82) is 0 Å². The van der Waals surface area contributed by atoms with Crippen LogP contribution in [0.3, 0.4) is 0 Å². The minimum Gasteiger partial charge on any atom is -0.294 e. The van der Waals surface area contributed by atoms with Gasteiger partial charge in [-0.3, -0.25) is 38.7 Å². The van der Waals surface area contributed by atoms with Crippen molar-refractivity contribution in [2.45, 2.75) is 205 Å². The molecule has 2 saturated carbocycles. The third-order valence-electron chi connectivity index (χ3n) is 11.2. The van der Waals surface area contributed by atoms with Crippen LogP contribution in [0.4, 0.5) is 0 Å². The summed E-state index contributed by atoms with van der Waals surface area (Å²) in [7, 11) is 0. The van der Waals surface area contributed by atoms with Gasteiger partial charge in [-0.25, -0.2) is 0 Å². The minimum atomic E-state index is -0.911. The molecule has 0 unspecified atom stereocenters. The fraction of sp³-hybridized carbons (Fsp3) is 0.895. The van der Waals surface area contributed by atoms with E-state index in [1.54, 1.807) is 10.1 Å². The van der Waals surface area contributed by atoms with E-state index in [1.807, 2.05) is 55.4 Å². The van der Waals surface area contributed by atoms with Crippen molar-refractivity contribution in [3.63, 3.8) is 0 Å². The third kappa shape index (κ3) is 8.35. The standard InChI is InChI=1S/C38H66N4O6/c1-35(2)31(43)39(32(44)36(3,4)41(35)47-29-23-17-15-18-24-29)27-21-13-11-9-10-12-14-22-28-40-33(45)37(5,6)42(38(7,8)34(40)46)48-30-25-19-16-20-26-30/h29-30H,9-28H2,1-8H3. The van der Waals surface area contributed by atoms with Gasteiger partial charge in [-0.15, -0.1) is 0 Å². The highest BCUT2D eigenvalue weighted by molar-refractivity contribution is 6.06. The Morgan fingerprint density at radius 2 is 0.688 bits per heavy atom. The van der Waals surface area contributed by atoms with Crippen LogP contribution in [0.25, 0.3) is 0 Å². The maximum absolute atomic E-state index is 13.5. The van der Waals surface area contributed by atoms with Crippen molar-refractivity contribution >= 4 is 23.6 Å². The van der Waals surface area contributed by atoms with Crippen LogP contribution in [0.5, 0.6) is 0 Å². The summed E-state index contributed by atoms with van der Waals surface area (Å²) in [4.78, 5) is 69.7. The number of hydrogen-bond acceptors (Lipinski definition) is 8. The molecule has 2 aliphatic heterocycles. The number of hydroxylamine groups is 4. The Labute approximate surface area is 290 Å². The highest BCUT2D eigenvalue weighted by Crippen LogP contribution is 2.39. The van der Waals surface area contributed by atoms with Gasteiger partial charge < -0.3 is 0 Å². The maximum atomic E-state index is 13.5. The van der Waals surface area contributed by atoms with Crippen LogP contribution in [0.2, 0.25) is 0 Å². The largest absolute Gasteiger partial charge is 0.294 e. The van der Waals surface area contributed by atoms with Crippen LogP contribution >= 0.6 is 0 Å². The first-order valence-corrected chi connectivity index (χ1v) is 19.2. The summed E-state index contributed by atoms with van der Waals surface area (Å²) in [6.45, 7) is 15.9. The average Bonchev–Trinajstić information content (AvgIpc) is 3.05. The molecule has 0 radical (unpaired) electrons. The van der Waals surface area contributed by atoms with Crippen LogP contribution in [-0.4, -0.2) is 91.0 Å². The molecular formula is C38H66N4O6. The predicted octanol–water partition coefficient (Wildman–Crippen LogP) is 7.09. The zero-order chi connectivity index (χ0) is 35.3. The Balaban J connectivity index is 1.14. The van der Waals surface area contributed by atoms with Gasteiger partial charge in [0.2, 0.25) is 0 Å². The van der Waals surface area contributed by atoms with E-state index in [1.165, 1.54) is 22.6 Å². The summed E-state index contributed by atoms with van der Waals surface area (Å²) >= 11 is 0. The molecule has 48 heavy (non-hydrogen) atoms. The average molecular weight is 675 g/mol. The van der Waals surface area contributed by atoms with Crippen LogP contribution in [0, 0.1) is 0 Å². The molecule has 0 bridgehead atoms. The second kappa shape index (κ2) is 16.0. The van der Waals surface area contributed by atoms with Gasteiger partial charge in [0, 0.05) is 13.1 Å². The number of carbonyl (C=O) groups is 4. The normalized spacial score (nSPS) is 25.7. The highest BCUT2D eigenvalue weighted by Gasteiger charge is 2.58. The highest BCUT2D eigenvalue weighted by atomic mass is 16.7. The molecule has 4 aliphatic rings. The molecular weight excluding hydrogens is 608 g/mol. The molecule has 0 aromatic carbocycles. The summed E-state index contributed by atoms with van der Waals surface area (Å²) in [5.74, 6) is -0.705. The van der Waals surface area contributed by atoms with Gasteiger partial charge in [0.15, 0.2) is 0 Å². The number of piperazine rings is 2. The monoisotopic (exact) mass is 674 g/mol. The lowest BCUT2D eigenvalue weighted by molar-refractivity contribution is -0.295. The number of rotatable bonds is 15. The molecule has 4 fully saturated rings. The van der Waals surface area contributed by atoms with Crippen molar-refractivity contribution < 1.29 is 28.9 Å². The molecule has 2 heterocycles. The smallest absolute Gasteiger partial charge is 0.251 e. The fourth-order valence-electron chi connectivity index (χ4n) is 8.42. The van der Waals surface area contributed by atoms with E-state index in [9.17, 15) is 19.2 Å². The van der Waals surface area contributed by atoms with Crippen LogP contribution < -0.4 is 0 Å². The Hall–Kier alpha value is -1.88. The van der Waals surface area contributed by atoms with Gasteiger partial charge in [0.1, 0.15) is 22.2 Å². The van der Waals surface area contributed by atoms with E-state index < -0.39 is 22.2 Å². The van der Waals surface area contributed by atoms with E-state index in [0.29, 0.717) is 13.1 Å². The van der Waals surface area contributed by atoms with Crippen molar-refractivity contribution in [3.8, 4) is 0 Å². The second-order valence-corrected chi connectivity index (χ2v) is 16.9. The molecule has 0 aromatic heterocycles. The molecule has 0 spiro atoms. The SMILES string of the molecule is CC1(C)C(=O)N(CCCCCCCCCCN2C(=O)C(C)(C)N(OC3CCCCC3)C(C)(C)C2=O)C(=O)C(C)(C)N1OC1CCCCC1. The number of hydrogen-bond donors (Lipinski definition) is 0. The Kier molecular flexibility index (Phi) is 13.0. The zero-order valence-electron chi connectivity index (χ0n) is 31.5. The lowest BCUT2D eigenvalue weighted by Crippen LogP contribution is -2.74. The molecule has 0 aromatic rings. The molecule has 0 atom stereocenters. The Bertz CT molecular complexity index is 994.